The first-order valence-corrected chi connectivity index (χ1v) is 7.37. The maximum absolute atomic E-state index is 12.2. The first-order chi connectivity index (χ1) is 7.38. The van der Waals surface area contributed by atoms with Crippen LogP contribution in [0.4, 0.5) is 0 Å². The van der Waals surface area contributed by atoms with Crippen LogP contribution in [0.1, 0.15) is 47.0 Å². The minimum absolute atomic E-state index is 0.178. The summed E-state index contributed by atoms with van der Waals surface area (Å²) in [4.78, 5) is 12.2. The number of amides is 1. The van der Waals surface area contributed by atoms with Crippen molar-refractivity contribution >= 4 is 21.8 Å². The number of carbonyl (C=O) groups is 1. The van der Waals surface area contributed by atoms with Crippen molar-refractivity contribution in [3.05, 3.63) is 0 Å². The van der Waals surface area contributed by atoms with Gasteiger partial charge in [0.1, 0.15) is 0 Å². The molecule has 0 aromatic carbocycles. The Morgan fingerprint density at radius 1 is 1.50 bits per heavy atom. The van der Waals surface area contributed by atoms with Gasteiger partial charge in [-0.05, 0) is 24.2 Å². The Kier molecular flexibility index (Phi) is 4.84. The molecular weight excluding hydrogens is 266 g/mol. The van der Waals surface area contributed by atoms with Gasteiger partial charge in [-0.15, -0.1) is 0 Å². The molecular formula is C13H24BrNO. The molecule has 2 atom stereocenters. The molecule has 0 heterocycles. The number of halogens is 1. The van der Waals surface area contributed by atoms with E-state index in [0.717, 1.165) is 11.8 Å². The molecule has 2 nitrogen and oxygen atoms in total. The minimum Gasteiger partial charge on any atom is -0.352 e. The third-order valence-corrected chi connectivity index (χ3v) is 4.57. The number of hydrogen-bond donors (Lipinski definition) is 1. The molecule has 3 heteroatoms. The van der Waals surface area contributed by atoms with E-state index in [0.29, 0.717) is 5.92 Å². The predicted molar refractivity (Wildman–Crippen MR) is 71.7 cm³/mol. The summed E-state index contributed by atoms with van der Waals surface area (Å²) in [6.45, 7) is 8.71. The molecule has 0 bridgehead atoms. The number of nitrogens with one attached hydrogen (secondary N) is 1. The zero-order valence-corrected chi connectivity index (χ0v) is 12.4. The van der Waals surface area contributed by atoms with Crippen molar-refractivity contribution in [2.24, 2.45) is 17.3 Å². The molecule has 0 saturated heterocycles. The van der Waals surface area contributed by atoms with Gasteiger partial charge >= 0.3 is 0 Å². The lowest BCUT2D eigenvalue weighted by Gasteiger charge is -2.29. The molecule has 0 radical (unpaired) electrons. The molecule has 1 amide bonds. The topological polar surface area (TPSA) is 29.1 Å². The normalized spacial score (nSPS) is 25.8. The summed E-state index contributed by atoms with van der Waals surface area (Å²) in [6.07, 6.45) is 3.41. The molecule has 0 spiro atoms. The van der Waals surface area contributed by atoms with Crippen LogP contribution in [0.25, 0.3) is 0 Å². The molecule has 1 N–H and O–H groups in total. The van der Waals surface area contributed by atoms with Crippen LogP contribution in [0.15, 0.2) is 0 Å². The molecule has 2 unspecified atom stereocenters. The number of alkyl halides is 1. The SMILES string of the molecule is CC(C)C(CBr)NC(=O)C1CCCC1(C)C. The van der Waals surface area contributed by atoms with Crippen LogP contribution in [0, 0.1) is 17.3 Å². The average Bonchev–Trinajstić information content (AvgIpc) is 2.53. The Morgan fingerprint density at radius 3 is 2.50 bits per heavy atom. The first-order valence-electron chi connectivity index (χ1n) is 6.25. The van der Waals surface area contributed by atoms with Gasteiger partial charge < -0.3 is 5.32 Å². The fraction of sp³-hybridized carbons (Fsp3) is 0.923. The van der Waals surface area contributed by atoms with E-state index in [-0.39, 0.29) is 23.3 Å². The van der Waals surface area contributed by atoms with E-state index in [1.165, 1.54) is 12.8 Å². The largest absolute Gasteiger partial charge is 0.352 e. The van der Waals surface area contributed by atoms with Gasteiger partial charge in [0, 0.05) is 17.3 Å². The maximum Gasteiger partial charge on any atom is 0.223 e. The van der Waals surface area contributed by atoms with E-state index in [1.807, 2.05) is 0 Å². The van der Waals surface area contributed by atoms with Crippen LogP contribution in [0.2, 0.25) is 0 Å². The van der Waals surface area contributed by atoms with Crippen LogP contribution in [0.5, 0.6) is 0 Å². The molecule has 0 aromatic rings. The second-order valence-electron chi connectivity index (χ2n) is 5.95. The quantitative estimate of drug-likeness (QED) is 0.790. The van der Waals surface area contributed by atoms with E-state index in [9.17, 15) is 4.79 Å². The van der Waals surface area contributed by atoms with Gasteiger partial charge in [-0.1, -0.05) is 50.0 Å². The summed E-state index contributed by atoms with van der Waals surface area (Å²) in [7, 11) is 0. The van der Waals surface area contributed by atoms with Crippen LogP contribution >= 0.6 is 15.9 Å². The Hall–Kier alpha value is -0.0500. The van der Waals surface area contributed by atoms with Gasteiger partial charge in [-0.25, -0.2) is 0 Å². The molecule has 94 valence electrons. The van der Waals surface area contributed by atoms with E-state index in [1.54, 1.807) is 0 Å². The van der Waals surface area contributed by atoms with Crippen LogP contribution in [-0.2, 0) is 4.79 Å². The second kappa shape index (κ2) is 5.52. The van der Waals surface area contributed by atoms with Gasteiger partial charge in [0.15, 0.2) is 0 Å². The molecule has 1 aliphatic rings. The zero-order valence-electron chi connectivity index (χ0n) is 10.8. The monoisotopic (exact) mass is 289 g/mol. The third kappa shape index (κ3) is 3.22. The second-order valence-corrected chi connectivity index (χ2v) is 6.59. The van der Waals surface area contributed by atoms with Gasteiger partial charge in [-0.2, -0.15) is 0 Å². The summed E-state index contributed by atoms with van der Waals surface area (Å²) in [5.41, 5.74) is 0.178. The molecule has 1 saturated carbocycles. The van der Waals surface area contributed by atoms with Crippen LogP contribution < -0.4 is 5.32 Å². The minimum atomic E-state index is 0.178. The highest BCUT2D eigenvalue weighted by Gasteiger charge is 2.39. The van der Waals surface area contributed by atoms with E-state index < -0.39 is 0 Å². The van der Waals surface area contributed by atoms with Gasteiger partial charge in [0.25, 0.3) is 0 Å². The molecule has 0 aliphatic heterocycles. The Labute approximate surface area is 108 Å². The van der Waals surface area contributed by atoms with E-state index in [2.05, 4.69) is 48.9 Å². The molecule has 1 fully saturated rings. The summed E-state index contributed by atoms with van der Waals surface area (Å²) < 4.78 is 0. The van der Waals surface area contributed by atoms with Crippen molar-refractivity contribution in [3.8, 4) is 0 Å². The first kappa shape index (κ1) is 14.0. The summed E-state index contributed by atoms with van der Waals surface area (Å²) in [5.74, 6) is 0.932. The highest BCUT2D eigenvalue weighted by molar-refractivity contribution is 9.09. The van der Waals surface area contributed by atoms with Gasteiger partial charge in [0.05, 0.1) is 0 Å². The average molecular weight is 290 g/mol. The van der Waals surface area contributed by atoms with Crippen molar-refractivity contribution in [2.45, 2.75) is 53.0 Å². The Balaban J connectivity index is 2.58. The summed E-state index contributed by atoms with van der Waals surface area (Å²) >= 11 is 3.47. The number of carbonyl (C=O) groups excluding carboxylic acids is 1. The lowest BCUT2D eigenvalue weighted by Crippen LogP contribution is -2.45. The van der Waals surface area contributed by atoms with E-state index >= 15 is 0 Å². The Morgan fingerprint density at radius 2 is 2.12 bits per heavy atom. The fourth-order valence-corrected chi connectivity index (χ4v) is 3.39. The lowest BCUT2D eigenvalue weighted by molar-refractivity contribution is -0.128. The molecule has 0 aromatic heterocycles. The van der Waals surface area contributed by atoms with Gasteiger partial charge in [0.2, 0.25) is 5.91 Å². The van der Waals surface area contributed by atoms with Crippen molar-refractivity contribution in [1.29, 1.82) is 0 Å². The van der Waals surface area contributed by atoms with Crippen molar-refractivity contribution < 1.29 is 4.79 Å². The number of hydrogen-bond acceptors (Lipinski definition) is 1. The standard InChI is InChI=1S/C13H24BrNO/c1-9(2)11(8-14)15-12(16)10-6-5-7-13(10,3)4/h9-11H,5-8H2,1-4H3,(H,15,16). The van der Waals surface area contributed by atoms with Crippen molar-refractivity contribution in [2.75, 3.05) is 5.33 Å². The highest BCUT2D eigenvalue weighted by atomic mass is 79.9. The maximum atomic E-state index is 12.2. The fourth-order valence-electron chi connectivity index (χ4n) is 2.48. The summed E-state index contributed by atoms with van der Waals surface area (Å²) in [6, 6.07) is 0.254. The Bertz CT molecular complexity index is 250. The predicted octanol–water partition coefficient (Wildman–Crippen LogP) is 3.35. The zero-order chi connectivity index (χ0) is 12.3. The highest BCUT2D eigenvalue weighted by Crippen LogP contribution is 2.42. The van der Waals surface area contributed by atoms with E-state index in [4.69, 9.17) is 0 Å². The summed E-state index contributed by atoms with van der Waals surface area (Å²) in [5, 5.41) is 4.01. The smallest absolute Gasteiger partial charge is 0.223 e. The molecule has 16 heavy (non-hydrogen) atoms. The van der Waals surface area contributed by atoms with Gasteiger partial charge in [-0.3, -0.25) is 4.79 Å². The number of rotatable bonds is 4. The third-order valence-electron chi connectivity index (χ3n) is 3.87. The lowest BCUT2D eigenvalue weighted by atomic mass is 9.81. The molecule has 1 aliphatic carbocycles. The van der Waals surface area contributed by atoms with Crippen LogP contribution in [0.3, 0.4) is 0 Å². The van der Waals surface area contributed by atoms with Crippen LogP contribution in [-0.4, -0.2) is 17.3 Å². The van der Waals surface area contributed by atoms with Crippen molar-refractivity contribution in [1.82, 2.24) is 5.32 Å². The van der Waals surface area contributed by atoms with Crippen molar-refractivity contribution in [3.63, 3.8) is 0 Å². The molecule has 1 rings (SSSR count).